The van der Waals surface area contributed by atoms with E-state index in [0.29, 0.717) is 5.69 Å². The second-order valence-corrected chi connectivity index (χ2v) is 6.08. The SMILES string of the molecule is O=C(CO)N(c1ccccc1)C1C=CS(O)(O)C1. The third kappa shape index (κ3) is 2.73. The molecule has 0 aliphatic carbocycles. The van der Waals surface area contributed by atoms with Gasteiger partial charge in [-0.25, -0.2) is 0 Å². The van der Waals surface area contributed by atoms with Crippen LogP contribution in [0.5, 0.6) is 0 Å². The van der Waals surface area contributed by atoms with Crippen molar-refractivity contribution in [1.29, 1.82) is 0 Å². The lowest BCUT2D eigenvalue weighted by Gasteiger charge is -2.31. The maximum absolute atomic E-state index is 11.8. The van der Waals surface area contributed by atoms with Crippen molar-refractivity contribution in [3.8, 4) is 0 Å². The Labute approximate surface area is 107 Å². The van der Waals surface area contributed by atoms with Crippen LogP contribution in [0.1, 0.15) is 0 Å². The van der Waals surface area contributed by atoms with E-state index in [-0.39, 0.29) is 5.75 Å². The third-order valence-electron chi connectivity index (χ3n) is 2.70. The van der Waals surface area contributed by atoms with Crippen molar-refractivity contribution in [2.75, 3.05) is 17.3 Å². The van der Waals surface area contributed by atoms with Gasteiger partial charge in [-0.1, -0.05) is 18.2 Å². The van der Waals surface area contributed by atoms with Gasteiger partial charge in [0.2, 0.25) is 0 Å². The summed E-state index contributed by atoms with van der Waals surface area (Å²) in [7, 11) is -2.75. The number of amides is 1. The van der Waals surface area contributed by atoms with Gasteiger partial charge >= 0.3 is 0 Å². The van der Waals surface area contributed by atoms with Crippen LogP contribution in [0.15, 0.2) is 41.8 Å². The summed E-state index contributed by atoms with van der Waals surface area (Å²) < 4.78 is 19.1. The minimum Gasteiger partial charge on any atom is -0.387 e. The van der Waals surface area contributed by atoms with Crippen LogP contribution >= 0.6 is 10.6 Å². The zero-order valence-electron chi connectivity index (χ0n) is 9.64. The summed E-state index contributed by atoms with van der Waals surface area (Å²) in [5, 5.41) is 10.4. The molecular formula is C12H15NO4S. The van der Waals surface area contributed by atoms with E-state index >= 15 is 0 Å². The molecule has 5 nitrogen and oxygen atoms in total. The summed E-state index contributed by atoms with van der Waals surface area (Å²) in [6, 6.07) is 8.44. The van der Waals surface area contributed by atoms with Gasteiger partial charge in [-0.15, -0.1) is 0 Å². The summed E-state index contributed by atoms with van der Waals surface area (Å²) in [6.07, 6.45) is 1.59. The van der Waals surface area contributed by atoms with Crippen molar-refractivity contribution in [2.45, 2.75) is 6.04 Å². The lowest BCUT2D eigenvalue weighted by molar-refractivity contribution is -0.121. The zero-order chi connectivity index (χ0) is 13.2. The van der Waals surface area contributed by atoms with Crippen LogP contribution in [0.25, 0.3) is 0 Å². The normalized spacial score (nSPS) is 22.7. The van der Waals surface area contributed by atoms with Crippen molar-refractivity contribution >= 4 is 22.2 Å². The molecule has 1 heterocycles. The highest BCUT2D eigenvalue weighted by Gasteiger charge is 2.31. The Morgan fingerprint density at radius 3 is 2.50 bits per heavy atom. The monoisotopic (exact) mass is 269 g/mol. The number of para-hydroxylation sites is 1. The predicted octanol–water partition coefficient (Wildman–Crippen LogP) is 1.66. The van der Waals surface area contributed by atoms with Crippen LogP contribution in [-0.2, 0) is 4.79 Å². The Kier molecular flexibility index (Phi) is 3.72. The first-order chi connectivity index (χ1) is 8.53. The molecule has 3 N–H and O–H groups in total. The summed E-state index contributed by atoms with van der Waals surface area (Å²) >= 11 is 0. The van der Waals surface area contributed by atoms with Crippen LogP contribution in [0.2, 0.25) is 0 Å². The lowest BCUT2D eigenvalue weighted by atomic mass is 10.2. The quantitative estimate of drug-likeness (QED) is 0.779. The van der Waals surface area contributed by atoms with Crippen molar-refractivity contribution in [3.63, 3.8) is 0 Å². The zero-order valence-corrected chi connectivity index (χ0v) is 10.5. The number of benzene rings is 1. The minimum absolute atomic E-state index is 0.0770. The molecule has 0 bridgehead atoms. The molecule has 0 spiro atoms. The van der Waals surface area contributed by atoms with E-state index in [1.807, 2.05) is 6.07 Å². The van der Waals surface area contributed by atoms with Crippen LogP contribution in [-0.4, -0.2) is 38.5 Å². The van der Waals surface area contributed by atoms with Gasteiger partial charge < -0.3 is 10.0 Å². The molecular weight excluding hydrogens is 254 g/mol. The lowest BCUT2D eigenvalue weighted by Crippen LogP contribution is -2.42. The Morgan fingerprint density at radius 2 is 2.00 bits per heavy atom. The Morgan fingerprint density at radius 1 is 1.33 bits per heavy atom. The molecule has 18 heavy (non-hydrogen) atoms. The number of hydrogen-bond donors (Lipinski definition) is 3. The Balaban J connectivity index is 2.28. The van der Waals surface area contributed by atoms with Crippen LogP contribution < -0.4 is 4.90 Å². The van der Waals surface area contributed by atoms with E-state index in [1.54, 1.807) is 30.3 Å². The highest BCUT2D eigenvalue weighted by Crippen LogP contribution is 2.46. The molecule has 98 valence electrons. The highest BCUT2D eigenvalue weighted by molar-refractivity contribution is 8.27. The molecule has 1 amide bonds. The van der Waals surface area contributed by atoms with Gasteiger partial charge in [0, 0.05) is 11.1 Å². The van der Waals surface area contributed by atoms with E-state index in [1.165, 1.54) is 10.3 Å². The fraction of sp³-hybridized carbons (Fsp3) is 0.250. The van der Waals surface area contributed by atoms with Crippen molar-refractivity contribution in [2.24, 2.45) is 0 Å². The average molecular weight is 269 g/mol. The number of rotatable bonds is 3. The number of anilines is 1. The summed E-state index contributed by atoms with van der Waals surface area (Å²) in [5.41, 5.74) is 0.628. The van der Waals surface area contributed by atoms with Crippen LogP contribution in [0.4, 0.5) is 5.69 Å². The van der Waals surface area contributed by atoms with Gasteiger partial charge in [0.15, 0.2) is 0 Å². The highest BCUT2D eigenvalue weighted by atomic mass is 32.3. The molecule has 0 radical (unpaired) electrons. The van der Waals surface area contributed by atoms with Crippen molar-refractivity contribution in [3.05, 3.63) is 41.8 Å². The molecule has 2 rings (SSSR count). The predicted molar refractivity (Wildman–Crippen MR) is 71.7 cm³/mol. The first-order valence-electron chi connectivity index (χ1n) is 5.45. The molecule has 6 heteroatoms. The van der Waals surface area contributed by atoms with Gasteiger partial charge in [0.25, 0.3) is 5.91 Å². The molecule has 1 aliphatic rings. The summed E-state index contributed by atoms with van der Waals surface area (Å²) in [6.45, 7) is -0.613. The summed E-state index contributed by atoms with van der Waals surface area (Å²) in [4.78, 5) is 13.2. The fourth-order valence-electron chi connectivity index (χ4n) is 1.92. The largest absolute Gasteiger partial charge is 0.387 e. The van der Waals surface area contributed by atoms with Gasteiger partial charge in [0.05, 0.1) is 11.8 Å². The molecule has 0 saturated carbocycles. The number of aliphatic hydroxyl groups excluding tert-OH is 1. The topological polar surface area (TPSA) is 81.0 Å². The van der Waals surface area contributed by atoms with Gasteiger partial charge in [-0.2, -0.15) is 10.6 Å². The smallest absolute Gasteiger partial charge is 0.253 e. The number of nitrogens with zero attached hydrogens (tertiary/aromatic N) is 1. The standard InChI is InChI=1S/C12H15NO4S/c14-8-12(15)13(10-4-2-1-3-5-10)11-6-7-18(16,17)9-11/h1-7,11,14,16-17H,8-9H2. The molecule has 0 fully saturated rings. The van der Waals surface area contributed by atoms with Crippen molar-refractivity contribution < 1.29 is 19.0 Å². The Bertz CT molecular complexity index is 460. The number of carbonyl (C=O) groups excluding carboxylic acids is 1. The second kappa shape index (κ2) is 5.11. The van der Waals surface area contributed by atoms with Crippen LogP contribution in [0, 0.1) is 0 Å². The van der Waals surface area contributed by atoms with Crippen LogP contribution in [0.3, 0.4) is 0 Å². The van der Waals surface area contributed by atoms with E-state index in [0.717, 1.165) is 0 Å². The number of carbonyl (C=O) groups is 1. The van der Waals surface area contributed by atoms with Gasteiger partial charge in [0.1, 0.15) is 6.61 Å². The van der Waals surface area contributed by atoms with E-state index < -0.39 is 29.1 Å². The van der Waals surface area contributed by atoms with E-state index in [9.17, 15) is 13.9 Å². The molecule has 1 unspecified atom stereocenters. The van der Waals surface area contributed by atoms with Gasteiger partial charge in [-0.3, -0.25) is 13.9 Å². The molecule has 1 aromatic carbocycles. The average Bonchev–Trinajstić information content (AvgIpc) is 2.71. The fourth-order valence-corrected chi connectivity index (χ4v) is 3.23. The first kappa shape index (κ1) is 13.1. The molecule has 0 aromatic heterocycles. The molecule has 1 aliphatic heterocycles. The van der Waals surface area contributed by atoms with Gasteiger partial charge in [-0.05, 0) is 18.2 Å². The van der Waals surface area contributed by atoms with E-state index in [2.05, 4.69) is 0 Å². The number of hydrogen-bond acceptors (Lipinski definition) is 4. The summed E-state index contributed by atoms with van der Waals surface area (Å²) in [5.74, 6) is -0.388. The second-order valence-electron chi connectivity index (χ2n) is 4.04. The number of aliphatic hydroxyl groups is 1. The maximum Gasteiger partial charge on any atom is 0.253 e. The third-order valence-corrected chi connectivity index (χ3v) is 4.13. The maximum atomic E-state index is 11.8. The van der Waals surface area contributed by atoms with Crippen molar-refractivity contribution in [1.82, 2.24) is 0 Å². The molecule has 1 atom stereocenters. The minimum atomic E-state index is -2.75. The Hall–Kier alpha value is -1.34. The molecule has 0 saturated heterocycles. The van der Waals surface area contributed by atoms with E-state index in [4.69, 9.17) is 5.11 Å². The first-order valence-corrected chi connectivity index (χ1v) is 7.23. The molecule has 1 aromatic rings.